The first kappa shape index (κ1) is 54.7. The van der Waals surface area contributed by atoms with Crippen LogP contribution in [0.25, 0.3) is 32.7 Å². The molecule has 4 N–H and O–H groups in total. The van der Waals surface area contributed by atoms with Gasteiger partial charge >= 0.3 is 96.1 Å². The van der Waals surface area contributed by atoms with Gasteiger partial charge in [0.2, 0.25) is 0 Å². The molecule has 0 unspecified atom stereocenters. The van der Waals surface area contributed by atoms with Crippen molar-refractivity contribution in [3.63, 3.8) is 0 Å². The molecule has 0 saturated heterocycles. The van der Waals surface area contributed by atoms with E-state index in [1.54, 1.807) is 0 Å². The van der Waals surface area contributed by atoms with Crippen LogP contribution in [0.4, 0.5) is 34.1 Å². The summed E-state index contributed by atoms with van der Waals surface area (Å²) in [5.74, 6) is -4.43. The Bertz CT molecular complexity index is 3120. The van der Waals surface area contributed by atoms with Crippen molar-refractivity contribution in [1.82, 2.24) is 0 Å². The molecule has 320 valence electrons. The van der Waals surface area contributed by atoms with E-state index in [0.717, 1.165) is 24.3 Å². The number of nitrogen functional groups attached to an aromatic ring is 2. The third-order valence-corrected chi connectivity index (χ3v) is 11.5. The SMILES string of the molecule is Nc1cc(S(=O)(=O)[O-])cc2cc(S(=O)(=O)[O-])c(N=Nc3ccc(-c4ccc(N=Nc5c(S(=O)(=O)[O-])cc6cc(S(=O)(=O)[O-])cc(N)c6c5[O-])c([O-])c4)cc3[O-])c([O-])c12.[Cu+2].[Cu+2].[H+].[H+].[Na+].[Na+]. The Kier molecular flexibility index (Phi) is 17.4. The molecule has 0 atom stereocenters. The minimum Gasteiger partial charge on any atom is -0.871 e. The number of azo groups is 2. The van der Waals surface area contributed by atoms with Gasteiger partial charge in [0.25, 0.3) is 0 Å². The van der Waals surface area contributed by atoms with Crippen molar-refractivity contribution in [3.05, 3.63) is 72.8 Å². The summed E-state index contributed by atoms with van der Waals surface area (Å²) in [4.78, 5) is -4.38. The normalized spacial score (nSPS) is 12.1. The van der Waals surface area contributed by atoms with Crippen LogP contribution in [0.1, 0.15) is 2.85 Å². The fraction of sp³-hybridized carbons (Fsp3) is 0. The van der Waals surface area contributed by atoms with Gasteiger partial charge < -0.3 is 50.1 Å². The number of anilines is 2. The first-order chi connectivity index (χ1) is 26.8. The fourth-order valence-electron chi connectivity index (χ4n) is 5.57. The quantitative estimate of drug-likeness (QED) is 0.0600. The van der Waals surface area contributed by atoms with Crippen molar-refractivity contribution >= 4 is 96.1 Å². The van der Waals surface area contributed by atoms with E-state index >= 15 is 0 Å². The van der Waals surface area contributed by atoms with Gasteiger partial charge in [-0.2, -0.15) is 10.2 Å². The van der Waals surface area contributed by atoms with Gasteiger partial charge in [0.05, 0.1) is 42.3 Å². The molecule has 30 heteroatoms. The summed E-state index contributed by atoms with van der Waals surface area (Å²) in [6, 6.07) is 10.1. The summed E-state index contributed by atoms with van der Waals surface area (Å²) in [6.07, 6.45) is 0. The van der Waals surface area contributed by atoms with E-state index in [1.807, 2.05) is 0 Å². The van der Waals surface area contributed by atoms with Crippen molar-refractivity contribution in [3.8, 4) is 34.1 Å². The molecule has 0 fully saturated rings. The Morgan fingerprint density at radius 1 is 0.452 bits per heavy atom. The predicted molar refractivity (Wildman–Crippen MR) is 189 cm³/mol. The molecule has 0 aliphatic rings. The number of rotatable bonds is 9. The number of hydrogen-bond acceptors (Lipinski definition) is 22. The second-order valence-corrected chi connectivity index (χ2v) is 17.4. The Morgan fingerprint density at radius 2 is 0.774 bits per heavy atom. The molecule has 0 spiro atoms. The second kappa shape index (κ2) is 19.7. The summed E-state index contributed by atoms with van der Waals surface area (Å²) in [5.41, 5.74) is 7.32. The molecule has 2 radical (unpaired) electrons. The van der Waals surface area contributed by atoms with Gasteiger partial charge in [-0.3, -0.25) is 0 Å². The number of nitrogens with two attached hydrogens (primary N) is 2. The molecule has 6 rings (SSSR count). The van der Waals surface area contributed by atoms with Gasteiger partial charge in [-0.1, -0.05) is 47.3 Å². The maximum absolute atomic E-state index is 13.2. The maximum Gasteiger partial charge on any atom is 2.00 e. The average Bonchev–Trinajstić information content (AvgIpc) is 3.09. The van der Waals surface area contributed by atoms with E-state index < -0.39 is 139 Å². The van der Waals surface area contributed by atoms with Crippen LogP contribution in [0.2, 0.25) is 0 Å². The Morgan fingerprint density at radius 3 is 1.05 bits per heavy atom. The third-order valence-electron chi connectivity index (χ3n) is 8.15. The molecule has 0 heterocycles. The minimum atomic E-state index is -5.50. The van der Waals surface area contributed by atoms with Crippen LogP contribution in [0.15, 0.2) is 113 Å². The molecule has 0 bridgehead atoms. The molecular formula is C32H18Cu2N6Na2O16S4. The van der Waals surface area contributed by atoms with E-state index in [-0.39, 0.29) is 107 Å². The number of fused-ring (bicyclic) bond motifs is 2. The first-order valence-corrected chi connectivity index (χ1v) is 20.8. The maximum atomic E-state index is 13.2. The van der Waals surface area contributed by atoms with Gasteiger partial charge in [0, 0.05) is 11.4 Å². The number of benzene rings is 6. The van der Waals surface area contributed by atoms with Gasteiger partial charge in [0.1, 0.15) is 40.5 Å². The van der Waals surface area contributed by atoms with E-state index in [0.29, 0.717) is 36.4 Å². The predicted octanol–water partition coefficient (Wildman–Crippen LogP) is -4.21. The summed E-state index contributed by atoms with van der Waals surface area (Å²) < 4.78 is 141. The fourth-order valence-corrected chi connectivity index (χ4v) is 7.94. The van der Waals surface area contributed by atoms with Crippen molar-refractivity contribution in [2.24, 2.45) is 20.5 Å². The van der Waals surface area contributed by atoms with Crippen molar-refractivity contribution in [2.75, 3.05) is 11.5 Å². The van der Waals surface area contributed by atoms with Crippen LogP contribution in [-0.4, -0.2) is 51.9 Å². The zero-order valence-corrected chi connectivity index (χ0v) is 39.8. The molecule has 6 aromatic carbocycles. The summed E-state index contributed by atoms with van der Waals surface area (Å²) in [7, 11) is -21.3. The number of hydrogen-bond donors (Lipinski definition) is 2. The van der Waals surface area contributed by atoms with E-state index in [9.17, 15) is 72.3 Å². The van der Waals surface area contributed by atoms with Crippen LogP contribution in [0.3, 0.4) is 0 Å². The molecule has 0 aliphatic carbocycles. The minimum absolute atomic E-state index is 0. The summed E-state index contributed by atoms with van der Waals surface area (Å²) in [5, 5.41) is 64.5. The van der Waals surface area contributed by atoms with Gasteiger partial charge in [-0.25, -0.2) is 33.7 Å². The van der Waals surface area contributed by atoms with Gasteiger partial charge in [-0.05, 0) is 81.2 Å². The van der Waals surface area contributed by atoms with E-state index in [1.165, 1.54) is 12.1 Å². The Labute approximate surface area is 418 Å². The second-order valence-electron chi connectivity index (χ2n) is 11.9. The molecule has 0 aliphatic heterocycles. The summed E-state index contributed by atoms with van der Waals surface area (Å²) >= 11 is 0. The van der Waals surface area contributed by atoms with Gasteiger partial charge in [-0.15, -0.1) is 10.2 Å². The molecule has 22 nitrogen and oxygen atoms in total. The van der Waals surface area contributed by atoms with Gasteiger partial charge in [0.15, 0.2) is 0 Å². The van der Waals surface area contributed by atoms with E-state index in [2.05, 4.69) is 20.5 Å². The van der Waals surface area contributed by atoms with Crippen LogP contribution in [-0.2, 0) is 74.6 Å². The van der Waals surface area contributed by atoms with Crippen molar-refractivity contribution in [2.45, 2.75) is 19.6 Å². The van der Waals surface area contributed by atoms with E-state index in [4.69, 9.17) is 11.5 Å². The monoisotopic (exact) mass is 1040 g/mol. The topological polar surface area (TPSA) is 423 Å². The largest absolute Gasteiger partial charge is 2.00 e. The molecule has 62 heavy (non-hydrogen) atoms. The van der Waals surface area contributed by atoms with Crippen LogP contribution in [0, 0.1) is 0 Å². The molecule has 0 saturated carbocycles. The average molecular weight is 1040 g/mol. The van der Waals surface area contributed by atoms with Crippen LogP contribution in [0.5, 0.6) is 23.0 Å². The molecule has 0 aromatic heterocycles. The van der Waals surface area contributed by atoms with Crippen molar-refractivity contribution in [1.29, 1.82) is 0 Å². The smallest absolute Gasteiger partial charge is 0.871 e. The Hall–Kier alpha value is -3.48. The zero-order valence-electron chi connectivity index (χ0n) is 32.6. The zero-order chi connectivity index (χ0) is 42.9. The molecular weight excluding hydrogens is 1030 g/mol. The standard InChI is InChI=1S/C32H24N6O16S4.2Cu.2Na/c33-19-11-17(55(43,44)45)5-15-9-25(57(49,50)51)29(31(41)27(15)19)37-35-21-3-1-13(7-23(21)39)14-2-4-22(24(40)8-14)36-38-30-26(58(52,53)54)10-16-6-18(56(46,47)48)12-20(34)28(16)32(30)42;;;;/h1-12,39-42H,33-34H2,(H,43,44,45)(H,46,47,48)(H,49,50,51)(H,52,53,54);;;;/q;2*+2;2*+1/p-6. The first-order valence-electron chi connectivity index (χ1n) is 15.2. The molecule has 0 amide bonds. The molecule has 6 aromatic rings. The Balaban J connectivity index is 0.00000661. The van der Waals surface area contributed by atoms with Crippen molar-refractivity contribution < 1.29 is 168 Å². The number of nitrogens with zero attached hydrogens (tertiary/aromatic N) is 4. The summed E-state index contributed by atoms with van der Waals surface area (Å²) in [6.45, 7) is 0. The van der Waals surface area contributed by atoms with Crippen LogP contribution >= 0.6 is 0 Å². The third kappa shape index (κ3) is 11.2. The van der Waals surface area contributed by atoms with Crippen LogP contribution < -0.4 is 91.0 Å².